The molecule has 2 N–H and O–H groups in total. The van der Waals surface area contributed by atoms with Crippen molar-refractivity contribution < 1.29 is 0 Å². The van der Waals surface area contributed by atoms with Crippen molar-refractivity contribution in [3.63, 3.8) is 0 Å². The molecule has 1 aromatic carbocycles. The number of rotatable bonds is 4. The van der Waals surface area contributed by atoms with Gasteiger partial charge in [0.15, 0.2) is 0 Å². The Morgan fingerprint density at radius 3 is 2.45 bits per heavy atom. The van der Waals surface area contributed by atoms with Crippen molar-refractivity contribution in [2.45, 2.75) is 51.0 Å². The Hall–Kier alpha value is -1.19. The Morgan fingerprint density at radius 2 is 1.90 bits per heavy atom. The standard InChI is InChI=1S/C17H22N2S/c1-2-14-15(12-18)20-16(19-14)17(10-6-7-11-17)13-8-4-3-5-9-13/h3-5,8-9H,2,6-7,10-12,18H2,1H3. The van der Waals surface area contributed by atoms with Crippen LogP contribution >= 0.6 is 11.3 Å². The summed E-state index contributed by atoms with van der Waals surface area (Å²) in [5.41, 5.74) is 8.66. The molecular weight excluding hydrogens is 264 g/mol. The fourth-order valence-electron chi connectivity index (χ4n) is 3.39. The van der Waals surface area contributed by atoms with E-state index in [1.165, 1.54) is 46.8 Å². The number of nitrogens with two attached hydrogens (primary N) is 1. The topological polar surface area (TPSA) is 38.9 Å². The van der Waals surface area contributed by atoms with E-state index in [-0.39, 0.29) is 5.41 Å². The summed E-state index contributed by atoms with van der Waals surface area (Å²) >= 11 is 1.84. The van der Waals surface area contributed by atoms with Crippen molar-refractivity contribution >= 4 is 11.3 Å². The highest BCUT2D eigenvalue weighted by molar-refractivity contribution is 7.12. The zero-order valence-electron chi connectivity index (χ0n) is 12.1. The van der Waals surface area contributed by atoms with Crippen molar-refractivity contribution in [3.05, 3.63) is 51.5 Å². The van der Waals surface area contributed by atoms with Crippen LogP contribution in [0.5, 0.6) is 0 Å². The molecule has 0 amide bonds. The SMILES string of the molecule is CCc1nc(C2(c3ccccc3)CCCC2)sc1CN. The van der Waals surface area contributed by atoms with E-state index in [1.807, 2.05) is 11.3 Å². The predicted molar refractivity (Wildman–Crippen MR) is 85.1 cm³/mol. The molecule has 0 bridgehead atoms. The van der Waals surface area contributed by atoms with Crippen LogP contribution < -0.4 is 5.73 Å². The first kappa shape index (κ1) is 13.8. The molecule has 1 aliphatic carbocycles. The van der Waals surface area contributed by atoms with Crippen LogP contribution in [0.15, 0.2) is 30.3 Å². The van der Waals surface area contributed by atoms with Gasteiger partial charge in [-0.3, -0.25) is 0 Å². The Balaban J connectivity index is 2.09. The first-order valence-corrected chi connectivity index (χ1v) is 8.36. The van der Waals surface area contributed by atoms with Crippen LogP contribution in [-0.4, -0.2) is 4.98 Å². The van der Waals surface area contributed by atoms with E-state index in [4.69, 9.17) is 10.7 Å². The van der Waals surface area contributed by atoms with Gasteiger partial charge >= 0.3 is 0 Å². The number of aryl methyl sites for hydroxylation is 1. The van der Waals surface area contributed by atoms with E-state index in [9.17, 15) is 0 Å². The number of benzene rings is 1. The summed E-state index contributed by atoms with van der Waals surface area (Å²) in [6.07, 6.45) is 6.02. The number of nitrogens with zero attached hydrogens (tertiary/aromatic N) is 1. The van der Waals surface area contributed by atoms with Crippen LogP contribution in [0.3, 0.4) is 0 Å². The largest absolute Gasteiger partial charge is 0.326 e. The van der Waals surface area contributed by atoms with E-state index >= 15 is 0 Å². The lowest BCUT2D eigenvalue weighted by molar-refractivity contribution is 0.530. The molecule has 2 nitrogen and oxygen atoms in total. The molecule has 1 fully saturated rings. The van der Waals surface area contributed by atoms with Crippen molar-refractivity contribution in [1.82, 2.24) is 4.98 Å². The normalized spacial score (nSPS) is 17.5. The van der Waals surface area contributed by atoms with Gasteiger partial charge in [0.1, 0.15) is 5.01 Å². The molecule has 1 saturated carbocycles. The third kappa shape index (κ3) is 2.19. The van der Waals surface area contributed by atoms with Crippen molar-refractivity contribution in [1.29, 1.82) is 0 Å². The van der Waals surface area contributed by atoms with Gasteiger partial charge in [-0.25, -0.2) is 4.98 Å². The molecule has 0 spiro atoms. The van der Waals surface area contributed by atoms with Crippen LogP contribution in [0.1, 0.15) is 53.7 Å². The molecule has 0 atom stereocenters. The highest BCUT2D eigenvalue weighted by atomic mass is 32.1. The van der Waals surface area contributed by atoms with E-state index in [2.05, 4.69) is 37.3 Å². The molecule has 106 valence electrons. The maximum absolute atomic E-state index is 5.89. The lowest BCUT2D eigenvalue weighted by Crippen LogP contribution is -2.23. The molecule has 3 rings (SSSR count). The molecule has 0 unspecified atom stereocenters. The maximum Gasteiger partial charge on any atom is 0.104 e. The molecule has 0 radical (unpaired) electrons. The zero-order valence-corrected chi connectivity index (χ0v) is 12.9. The molecule has 3 heteroatoms. The molecule has 20 heavy (non-hydrogen) atoms. The summed E-state index contributed by atoms with van der Waals surface area (Å²) in [5.74, 6) is 0. The van der Waals surface area contributed by atoms with Gasteiger partial charge in [0.2, 0.25) is 0 Å². The van der Waals surface area contributed by atoms with E-state index in [0.29, 0.717) is 6.54 Å². The van der Waals surface area contributed by atoms with E-state index in [1.54, 1.807) is 0 Å². The Morgan fingerprint density at radius 1 is 1.20 bits per heavy atom. The summed E-state index contributed by atoms with van der Waals surface area (Å²) in [7, 11) is 0. The smallest absolute Gasteiger partial charge is 0.104 e. The van der Waals surface area contributed by atoms with Gasteiger partial charge in [-0.15, -0.1) is 11.3 Å². The van der Waals surface area contributed by atoms with Gasteiger partial charge in [0.05, 0.1) is 5.69 Å². The second-order valence-electron chi connectivity index (χ2n) is 5.60. The summed E-state index contributed by atoms with van der Waals surface area (Å²) in [5, 5.41) is 1.29. The highest BCUT2D eigenvalue weighted by Gasteiger charge is 2.40. The van der Waals surface area contributed by atoms with E-state index in [0.717, 1.165) is 6.42 Å². The maximum atomic E-state index is 5.89. The molecule has 1 aliphatic rings. The summed E-state index contributed by atoms with van der Waals surface area (Å²) in [4.78, 5) is 6.24. The molecule has 0 saturated heterocycles. The van der Waals surface area contributed by atoms with E-state index < -0.39 is 0 Å². The second kappa shape index (κ2) is 5.66. The average molecular weight is 286 g/mol. The quantitative estimate of drug-likeness (QED) is 0.922. The lowest BCUT2D eigenvalue weighted by Gasteiger charge is -2.27. The zero-order chi connectivity index (χ0) is 14.0. The Labute approximate surface area is 125 Å². The Kier molecular flexibility index (Phi) is 3.90. The van der Waals surface area contributed by atoms with Gasteiger partial charge in [-0.05, 0) is 24.8 Å². The highest BCUT2D eigenvalue weighted by Crippen LogP contribution is 2.48. The summed E-state index contributed by atoms with van der Waals surface area (Å²) in [6.45, 7) is 2.79. The number of thiazole rings is 1. The van der Waals surface area contributed by atoms with Gasteiger partial charge in [0.25, 0.3) is 0 Å². The minimum Gasteiger partial charge on any atom is -0.326 e. The van der Waals surface area contributed by atoms with Gasteiger partial charge in [0, 0.05) is 16.8 Å². The molecule has 1 heterocycles. The van der Waals surface area contributed by atoms with Crippen molar-refractivity contribution in [2.24, 2.45) is 5.73 Å². The van der Waals surface area contributed by atoms with Gasteiger partial charge in [-0.2, -0.15) is 0 Å². The van der Waals surface area contributed by atoms with Crippen LogP contribution in [0, 0.1) is 0 Å². The minimum atomic E-state index is 0.142. The van der Waals surface area contributed by atoms with Crippen LogP contribution in [0.2, 0.25) is 0 Å². The van der Waals surface area contributed by atoms with Gasteiger partial charge < -0.3 is 5.73 Å². The van der Waals surface area contributed by atoms with Gasteiger partial charge in [-0.1, -0.05) is 50.1 Å². The molecule has 0 aliphatic heterocycles. The fourth-order valence-corrected chi connectivity index (χ4v) is 4.68. The monoisotopic (exact) mass is 286 g/mol. The fraction of sp³-hybridized carbons (Fsp3) is 0.471. The third-order valence-corrected chi connectivity index (χ3v) is 5.82. The number of hydrogen-bond donors (Lipinski definition) is 1. The number of aromatic nitrogens is 1. The Bertz CT molecular complexity index is 546. The van der Waals surface area contributed by atoms with Crippen LogP contribution in [0.25, 0.3) is 0 Å². The summed E-state index contributed by atoms with van der Waals surface area (Å²) in [6, 6.07) is 10.9. The molecule has 2 aromatic rings. The van der Waals surface area contributed by atoms with Crippen molar-refractivity contribution in [2.75, 3.05) is 0 Å². The third-order valence-electron chi connectivity index (χ3n) is 4.49. The van der Waals surface area contributed by atoms with Crippen molar-refractivity contribution in [3.8, 4) is 0 Å². The molecule has 1 aromatic heterocycles. The average Bonchev–Trinajstić information content (AvgIpc) is 3.15. The summed E-state index contributed by atoms with van der Waals surface area (Å²) < 4.78 is 0. The lowest BCUT2D eigenvalue weighted by atomic mass is 9.79. The first-order valence-electron chi connectivity index (χ1n) is 7.55. The first-order chi connectivity index (χ1) is 9.80. The second-order valence-corrected chi connectivity index (χ2v) is 6.69. The molecular formula is C17H22N2S. The minimum absolute atomic E-state index is 0.142. The predicted octanol–water partition coefficient (Wildman–Crippen LogP) is 4.02. The van der Waals surface area contributed by atoms with Crippen LogP contribution in [0.4, 0.5) is 0 Å². The van der Waals surface area contributed by atoms with Crippen LogP contribution in [-0.2, 0) is 18.4 Å². The number of hydrogen-bond acceptors (Lipinski definition) is 3.